The van der Waals surface area contributed by atoms with E-state index < -0.39 is 23.7 Å². The van der Waals surface area contributed by atoms with E-state index in [1.54, 1.807) is 17.8 Å². The molecule has 3 rings (SSSR count). The minimum atomic E-state index is -0.609. The number of esters is 1. The van der Waals surface area contributed by atoms with Crippen molar-refractivity contribution in [2.24, 2.45) is 7.05 Å². The Morgan fingerprint density at radius 2 is 1.73 bits per heavy atom. The fourth-order valence-electron chi connectivity index (χ4n) is 3.22. The molecule has 1 atom stereocenters. The maximum atomic E-state index is 12.5. The van der Waals surface area contributed by atoms with Gasteiger partial charge in [-0.05, 0) is 50.1 Å². The maximum absolute atomic E-state index is 12.5. The van der Waals surface area contributed by atoms with Crippen LogP contribution in [-0.2, 0) is 23.1 Å². The lowest BCUT2D eigenvalue weighted by Crippen LogP contribution is -2.35. The molecule has 33 heavy (non-hydrogen) atoms. The second kappa shape index (κ2) is 10.2. The molecule has 0 aliphatic carbocycles. The van der Waals surface area contributed by atoms with E-state index in [1.165, 1.54) is 7.11 Å². The number of aryl methyl sites for hydroxylation is 1. The molecule has 1 N–H and O–H groups in total. The van der Waals surface area contributed by atoms with E-state index in [4.69, 9.17) is 14.2 Å². The molecule has 1 amide bonds. The van der Waals surface area contributed by atoms with Crippen molar-refractivity contribution in [2.45, 2.75) is 39.0 Å². The molecule has 0 saturated heterocycles. The Morgan fingerprint density at radius 3 is 2.39 bits per heavy atom. The molecule has 1 unspecified atom stereocenters. The number of nitrogens with zero attached hydrogens (tertiary/aromatic N) is 2. The van der Waals surface area contributed by atoms with E-state index in [-0.39, 0.29) is 12.3 Å². The van der Waals surface area contributed by atoms with Crippen molar-refractivity contribution in [3.05, 3.63) is 83.2 Å². The normalized spacial score (nSPS) is 12.0. The highest BCUT2D eigenvalue weighted by atomic mass is 16.6. The number of amides is 1. The number of ether oxygens (including phenoxy) is 3. The zero-order chi connectivity index (χ0) is 24.0. The van der Waals surface area contributed by atoms with Crippen LogP contribution >= 0.6 is 0 Å². The van der Waals surface area contributed by atoms with Gasteiger partial charge in [0.05, 0.1) is 18.8 Å². The van der Waals surface area contributed by atoms with Crippen molar-refractivity contribution in [2.75, 3.05) is 7.11 Å². The third-order valence-corrected chi connectivity index (χ3v) is 4.74. The summed E-state index contributed by atoms with van der Waals surface area (Å²) in [7, 11) is 3.05. The van der Waals surface area contributed by atoms with E-state index >= 15 is 0 Å². The summed E-state index contributed by atoms with van der Waals surface area (Å²) < 4.78 is 17.7. The first-order valence-corrected chi connectivity index (χ1v) is 10.5. The van der Waals surface area contributed by atoms with Gasteiger partial charge in [0.1, 0.15) is 18.0 Å². The first kappa shape index (κ1) is 23.8. The number of alkyl carbamates (subject to hydrolysis) is 1. The molecule has 3 aromatic rings. The number of methoxy groups -OCH3 is 1. The minimum Gasteiger partial charge on any atom is -0.487 e. The maximum Gasteiger partial charge on any atom is 0.408 e. The van der Waals surface area contributed by atoms with Gasteiger partial charge in [-0.25, -0.2) is 9.59 Å². The summed E-state index contributed by atoms with van der Waals surface area (Å²) in [5.41, 5.74) is 2.08. The average molecular weight is 452 g/mol. The van der Waals surface area contributed by atoms with Crippen molar-refractivity contribution >= 4 is 12.1 Å². The van der Waals surface area contributed by atoms with Crippen LogP contribution in [0.1, 0.15) is 54.1 Å². The standard InChI is InChI=1S/C25H29N3O5/c1-25(2,3)33-24(30)26-22(17-10-7-6-8-11-17)18-12-9-13-20(14-18)32-16-19-15-21(23(29)31-5)27-28(19)4/h6-15,22H,16H2,1-5H3,(H,26,30). The molecular formula is C25H29N3O5. The van der Waals surface area contributed by atoms with Crippen LogP contribution in [0, 0.1) is 0 Å². The van der Waals surface area contributed by atoms with Gasteiger partial charge >= 0.3 is 12.1 Å². The molecule has 0 aliphatic heterocycles. The molecule has 0 spiro atoms. The van der Waals surface area contributed by atoms with Crippen LogP contribution in [0.5, 0.6) is 5.75 Å². The third kappa shape index (κ3) is 6.58. The largest absolute Gasteiger partial charge is 0.487 e. The molecule has 8 nitrogen and oxygen atoms in total. The molecule has 174 valence electrons. The summed E-state index contributed by atoms with van der Waals surface area (Å²) in [6.07, 6.45) is -0.507. The second-order valence-electron chi connectivity index (χ2n) is 8.49. The van der Waals surface area contributed by atoms with Crippen LogP contribution in [0.3, 0.4) is 0 Å². The van der Waals surface area contributed by atoms with E-state index in [0.29, 0.717) is 11.4 Å². The van der Waals surface area contributed by atoms with Crippen molar-refractivity contribution in [1.29, 1.82) is 0 Å². The Hall–Kier alpha value is -3.81. The van der Waals surface area contributed by atoms with Gasteiger partial charge in [-0.2, -0.15) is 5.10 Å². The fourth-order valence-corrected chi connectivity index (χ4v) is 3.22. The molecule has 1 aromatic heterocycles. The second-order valence-corrected chi connectivity index (χ2v) is 8.49. The molecule has 0 bridgehead atoms. The summed E-state index contributed by atoms with van der Waals surface area (Å²) >= 11 is 0. The molecule has 0 radical (unpaired) electrons. The smallest absolute Gasteiger partial charge is 0.408 e. The van der Waals surface area contributed by atoms with E-state index in [9.17, 15) is 9.59 Å². The number of carbonyl (C=O) groups excluding carboxylic acids is 2. The summed E-state index contributed by atoms with van der Waals surface area (Å²) in [5.74, 6) is 0.109. The lowest BCUT2D eigenvalue weighted by atomic mass is 9.98. The number of rotatable bonds is 7. The Kier molecular flexibility index (Phi) is 7.37. The SMILES string of the molecule is COC(=O)c1cc(COc2cccc(C(NC(=O)OC(C)(C)C)c3ccccc3)c2)n(C)n1. The minimum absolute atomic E-state index is 0.208. The van der Waals surface area contributed by atoms with Gasteiger partial charge in [0.2, 0.25) is 0 Å². The molecule has 0 fully saturated rings. The van der Waals surface area contributed by atoms with Crippen LogP contribution in [0.15, 0.2) is 60.7 Å². The van der Waals surface area contributed by atoms with Gasteiger partial charge in [0.25, 0.3) is 0 Å². The van der Waals surface area contributed by atoms with Gasteiger partial charge in [-0.3, -0.25) is 4.68 Å². The number of hydrogen-bond acceptors (Lipinski definition) is 6. The highest BCUT2D eigenvalue weighted by Gasteiger charge is 2.22. The van der Waals surface area contributed by atoms with Gasteiger partial charge < -0.3 is 19.5 Å². The lowest BCUT2D eigenvalue weighted by molar-refractivity contribution is 0.0511. The number of carbonyl (C=O) groups is 2. The quantitative estimate of drug-likeness (QED) is 0.536. The number of nitrogens with one attached hydrogen (secondary N) is 1. The average Bonchev–Trinajstić information content (AvgIpc) is 3.15. The van der Waals surface area contributed by atoms with Crippen molar-refractivity contribution in [1.82, 2.24) is 15.1 Å². The Morgan fingerprint density at radius 1 is 1.03 bits per heavy atom. The number of benzene rings is 2. The Bertz CT molecular complexity index is 1100. The van der Waals surface area contributed by atoms with E-state index in [0.717, 1.165) is 11.1 Å². The predicted molar refractivity (Wildman–Crippen MR) is 123 cm³/mol. The lowest BCUT2D eigenvalue weighted by Gasteiger charge is -2.24. The molecule has 1 heterocycles. The highest BCUT2D eigenvalue weighted by molar-refractivity contribution is 5.87. The van der Waals surface area contributed by atoms with E-state index in [2.05, 4.69) is 10.4 Å². The van der Waals surface area contributed by atoms with E-state index in [1.807, 2.05) is 75.4 Å². The predicted octanol–water partition coefficient (Wildman–Crippen LogP) is 4.40. The van der Waals surface area contributed by atoms with Crippen LogP contribution in [0.4, 0.5) is 4.79 Å². The molecule has 0 aliphatic rings. The van der Waals surface area contributed by atoms with Crippen LogP contribution in [0.25, 0.3) is 0 Å². The Balaban J connectivity index is 1.80. The zero-order valence-electron chi connectivity index (χ0n) is 19.5. The van der Waals surface area contributed by atoms with Gasteiger partial charge in [-0.15, -0.1) is 0 Å². The summed E-state index contributed by atoms with van der Waals surface area (Å²) in [6.45, 7) is 5.67. The molecule has 0 saturated carbocycles. The van der Waals surface area contributed by atoms with Crippen molar-refractivity contribution < 1.29 is 23.8 Å². The van der Waals surface area contributed by atoms with Gasteiger partial charge in [0.15, 0.2) is 5.69 Å². The topological polar surface area (TPSA) is 91.7 Å². The summed E-state index contributed by atoms with van der Waals surface area (Å²) in [5, 5.41) is 7.10. The third-order valence-electron chi connectivity index (χ3n) is 4.74. The first-order chi connectivity index (χ1) is 15.7. The number of hydrogen-bond donors (Lipinski definition) is 1. The Labute approximate surface area is 193 Å². The van der Waals surface area contributed by atoms with Crippen LogP contribution < -0.4 is 10.1 Å². The van der Waals surface area contributed by atoms with Crippen molar-refractivity contribution in [3.63, 3.8) is 0 Å². The van der Waals surface area contributed by atoms with Crippen LogP contribution in [0.2, 0.25) is 0 Å². The fraction of sp³-hybridized carbons (Fsp3) is 0.320. The van der Waals surface area contributed by atoms with Crippen LogP contribution in [-0.4, -0.2) is 34.6 Å². The van der Waals surface area contributed by atoms with Gasteiger partial charge in [0, 0.05) is 7.05 Å². The summed E-state index contributed by atoms with van der Waals surface area (Å²) in [6, 6.07) is 18.3. The summed E-state index contributed by atoms with van der Waals surface area (Å²) in [4.78, 5) is 24.2. The first-order valence-electron chi connectivity index (χ1n) is 10.5. The van der Waals surface area contributed by atoms with Gasteiger partial charge in [-0.1, -0.05) is 42.5 Å². The number of aromatic nitrogens is 2. The zero-order valence-corrected chi connectivity index (χ0v) is 19.5. The molecular weight excluding hydrogens is 422 g/mol. The molecule has 8 heteroatoms. The molecule has 2 aromatic carbocycles. The van der Waals surface area contributed by atoms with Crippen molar-refractivity contribution in [3.8, 4) is 5.75 Å². The monoisotopic (exact) mass is 451 g/mol. The highest BCUT2D eigenvalue weighted by Crippen LogP contribution is 2.26.